The summed E-state index contributed by atoms with van der Waals surface area (Å²) in [4.78, 5) is 9.06. The summed E-state index contributed by atoms with van der Waals surface area (Å²) in [5.41, 5.74) is 6.16. The molecule has 140 valence electrons. The number of thiocarbonyl (C=S) groups is 1. The number of rotatable bonds is 2. The van der Waals surface area contributed by atoms with E-state index in [1.165, 1.54) is 22.4 Å². The van der Waals surface area contributed by atoms with Crippen LogP contribution in [0.5, 0.6) is 0 Å². The number of allylic oxidation sites excluding steroid dienone is 1. The molecule has 0 radical (unpaired) electrons. The van der Waals surface area contributed by atoms with Gasteiger partial charge >= 0.3 is 0 Å². The minimum Gasteiger partial charge on any atom is -0.366 e. The Kier molecular flexibility index (Phi) is 4.22. The van der Waals surface area contributed by atoms with Crippen LogP contribution in [0.3, 0.4) is 0 Å². The van der Waals surface area contributed by atoms with Crippen molar-refractivity contribution in [2.75, 3.05) is 19.0 Å². The Morgan fingerprint density at radius 2 is 1.93 bits per heavy atom. The molecule has 0 spiro atoms. The number of fused-ring (bicyclic) bond motifs is 1. The first-order chi connectivity index (χ1) is 12.8. The third-order valence-corrected chi connectivity index (χ3v) is 6.33. The van der Waals surface area contributed by atoms with Gasteiger partial charge in [0.15, 0.2) is 5.11 Å². The molecule has 0 saturated carbocycles. The van der Waals surface area contributed by atoms with Crippen LogP contribution in [0.1, 0.15) is 49.7 Å². The van der Waals surface area contributed by atoms with E-state index in [0.717, 1.165) is 10.8 Å². The number of hydrogen-bond acceptors (Lipinski definition) is 3. The predicted molar refractivity (Wildman–Crippen MR) is 116 cm³/mol. The zero-order chi connectivity index (χ0) is 19.3. The summed E-state index contributed by atoms with van der Waals surface area (Å²) >= 11 is 5.56. The zero-order valence-corrected chi connectivity index (χ0v) is 17.3. The number of nitrogens with zero attached hydrogens (tertiary/aromatic N) is 3. The molecule has 4 rings (SSSR count). The molecule has 1 fully saturated rings. The Bertz CT molecular complexity index is 919. The average molecular weight is 379 g/mol. The second kappa shape index (κ2) is 6.34. The lowest BCUT2D eigenvalue weighted by molar-refractivity contribution is 0.368. The van der Waals surface area contributed by atoms with Crippen molar-refractivity contribution >= 4 is 28.6 Å². The van der Waals surface area contributed by atoms with Gasteiger partial charge in [0.05, 0.1) is 23.3 Å². The number of benzene rings is 1. The van der Waals surface area contributed by atoms with Crippen LogP contribution in [-0.4, -0.2) is 34.6 Å². The smallest absolute Gasteiger partial charge is 0.169 e. The molecule has 5 heteroatoms. The van der Waals surface area contributed by atoms with E-state index < -0.39 is 0 Å². The van der Waals surface area contributed by atoms with Crippen LogP contribution in [0.15, 0.2) is 48.7 Å². The fourth-order valence-electron chi connectivity index (χ4n) is 4.24. The summed E-state index contributed by atoms with van der Waals surface area (Å²) in [7, 11) is 4.22. The van der Waals surface area contributed by atoms with E-state index in [4.69, 9.17) is 12.2 Å². The maximum atomic E-state index is 5.56. The standard InChI is InChI=1S/C22H26N4S/c1-14-13-22(2,3)26(5)18-10-9-15(12-16(14)18)20-19(24-21(27)25(20)4)17-8-6-7-11-23-17/h6-13,19-20H,1-5H3,(H,24,27)/t19-,20+/m1/s1. The third-order valence-electron chi connectivity index (χ3n) is 5.92. The summed E-state index contributed by atoms with van der Waals surface area (Å²) in [5.74, 6) is 0. The average Bonchev–Trinajstić information content (AvgIpc) is 2.95. The van der Waals surface area contributed by atoms with Crippen molar-refractivity contribution in [1.82, 2.24) is 15.2 Å². The molecule has 3 heterocycles. The van der Waals surface area contributed by atoms with Crippen molar-refractivity contribution in [2.45, 2.75) is 38.4 Å². The van der Waals surface area contributed by atoms with Crippen LogP contribution in [0, 0.1) is 0 Å². The second-order valence-electron chi connectivity index (χ2n) is 8.05. The Balaban J connectivity index is 1.79. The lowest BCUT2D eigenvalue weighted by atomic mass is 9.86. The minimum absolute atomic E-state index is 0.0162. The van der Waals surface area contributed by atoms with Crippen LogP contribution in [0.4, 0.5) is 5.69 Å². The van der Waals surface area contributed by atoms with Crippen LogP contribution in [-0.2, 0) is 0 Å². The topological polar surface area (TPSA) is 31.4 Å². The van der Waals surface area contributed by atoms with Crippen molar-refractivity contribution in [3.63, 3.8) is 0 Å². The van der Waals surface area contributed by atoms with Gasteiger partial charge in [-0.25, -0.2) is 0 Å². The highest BCUT2D eigenvalue weighted by Crippen LogP contribution is 2.42. The van der Waals surface area contributed by atoms with Gasteiger partial charge in [-0.1, -0.05) is 18.2 Å². The number of pyridine rings is 1. The first kappa shape index (κ1) is 18.0. The van der Waals surface area contributed by atoms with Crippen LogP contribution in [0.25, 0.3) is 5.57 Å². The van der Waals surface area contributed by atoms with E-state index in [2.05, 4.69) is 85.3 Å². The van der Waals surface area contributed by atoms with Crippen molar-refractivity contribution in [3.05, 3.63) is 65.5 Å². The molecule has 27 heavy (non-hydrogen) atoms. The molecule has 1 N–H and O–H groups in total. The molecule has 1 aromatic carbocycles. The maximum Gasteiger partial charge on any atom is 0.169 e. The van der Waals surface area contributed by atoms with Gasteiger partial charge in [0.25, 0.3) is 0 Å². The van der Waals surface area contributed by atoms with Crippen molar-refractivity contribution in [2.24, 2.45) is 0 Å². The fourth-order valence-corrected chi connectivity index (χ4v) is 4.48. The monoisotopic (exact) mass is 378 g/mol. The molecule has 1 saturated heterocycles. The summed E-state index contributed by atoms with van der Waals surface area (Å²) in [6.45, 7) is 6.70. The number of likely N-dealkylation sites (N-methyl/N-ethyl adjacent to an activating group) is 2. The summed E-state index contributed by atoms with van der Waals surface area (Å²) in [6, 6.07) is 13.0. The Labute approximate surface area is 166 Å². The van der Waals surface area contributed by atoms with Crippen molar-refractivity contribution in [3.8, 4) is 0 Å². The molecule has 2 aromatic rings. The Morgan fingerprint density at radius 1 is 1.15 bits per heavy atom. The van der Waals surface area contributed by atoms with Crippen LogP contribution < -0.4 is 10.2 Å². The lowest BCUT2D eigenvalue weighted by Gasteiger charge is -2.41. The summed E-state index contributed by atoms with van der Waals surface area (Å²) in [5, 5.41) is 4.21. The SMILES string of the molecule is CC1=CC(C)(C)N(C)c2ccc([C@H]3[C@@H](c4ccccn4)NC(=S)N3C)cc21. The first-order valence-corrected chi connectivity index (χ1v) is 9.72. The fraction of sp³-hybridized carbons (Fsp3) is 0.364. The molecular formula is C22H26N4S. The Morgan fingerprint density at radius 3 is 2.63 bits per heavy atom. The van der Waals surface area contributed by atoms with E-state index >= 15 is 0 Å². The lowest BCUT2D eigenvalue weighted by Crippen LogP contribution is -2.42. The van der Waals surface area contributed by atoms with E-state index in [0.29, 0.717) is 0 Å². The van der Waals surface area contributed by atoms with E-state index in [9.17, 15) is 0 Å². The highest BCUT2D eigenvalue weighted by atomic mass is 32.1. The highest BCUT2D eigenvalue weighted by Gasteiger charge is 2.38. The minimum atomic E-state index is 0.0162. The van der Waals surface area contributed by atoms with Gasteiger partial charge in [0.1, 0.15) is 0 Å². The molecule has 2 aliphatic rings. The van der Waals surface area contributed by atoms with Gasteiger partial charge in [-0.15, -0.1) is 0 Å². The van der Waals surface area contributed by atoms with Crippen molar-refractivity contribution < 1.29 is 0 Å². The Hall–Kier alpha value is -2.40. The van der Waals surface area contributed by atoms with E-state index in [1.807, 2.05) is 18.3 Å². The predicted octanol–water partition coefficient (Wildman–Crippen LogP) is 4.32. The maximum absolute atomic E-state index is 5.56. The van der Waals surface area contributed by atoms with Gasteiger partial charge in [-0.3, -0.25) is 4.98 Å². The molecule has 4 nitrogen and oxygen atoms in total. The van der Waals surface area contributed by atoms with Crippen LogP contribution >= 0.6 is 12.2 Å². The molecule has 0 aliphatic carbocycles. The summed E-state index contributed by atoms with van der Waals surface area (Å²) < 4.78 is 0. The quantitative estimate of drug-likeness (QED) is 0.787. The molecule has 0 unspecified atom stereocenters. The molecule has 1 aromatic heterocycles. The van der Waals surface area contributed by atoms with E-state index in [-0.39, 0.29) is 17.6 Å². The summed E-state index contributed by atoms with van der Waals surface area (Å²) in [6.07, 6.45) is 4.18. The van der Waals surface area contributed by atoms with Gasteiger partial charge in [-0.2, -0.15) is 0 Å². The number of anilines is 1. The largest absolute Gasteiger partial charge is 0.366 e. The van der Waals surface area contributed by atoms with Crippen molar-refractivity contribution in [1.29, 1.82) is 0 Å². The van der Waals surface area contributed by atoms with Crippen LogP contribution in [0.2, 0.25) is 0 Å². The van der Waals surface area contributed by atoms with Gasteiger partial charge in [-0.05, 0) is 68.4 Å². The number of nitrogens with one attached hydrogen (secondary N) is 1. The highest BCUT2D eigenvalue weighted by molar-refractivity contribution is 7.80. The van der Waals surface area contributed by atoms with Gasteiger partial charge in [0, 0.05) is 31.5 Å². The third kappa shape index (κ3) is 2.90. The molecule has 0 amide bonds. The molecule has 0 bridgehead atoms. The molecule has 2 atom stereocenters. The second-order valence-corrected chi connectivity index (χ2v) is 8.44. The van der Waals surface area contributed by atoms with Gasteiger partial charge < -0.3 is 15.1 Å². The zero-order valence-electron chi connectivity index (χ0n) is 16.5. The van der Waals surface area contributed by atoms with Gasteiger partial charge in [0.2, 0.25) is 0 Å². The number of hydrogen-bond donors (Lipinski definition) is 1. The normalized spacial score (nSPS) is 23.7. The molecular weight excluding hydrogens is 352 g/mol. The van der Waals surface area contributed by atoms with E-state index in [1.54, 1.807) is 0 Å². The molecule has 2 aliphatic heterocycles. The first-order valence-electron chi connectivity index (χ1n) is 9.31. The number of aromatic nitrogens is 1.